The number of nitrogens with one attached hydrogen (secondary N) is 3. The van der Waals surface area contributed by atoms with Crippen LogP contribution in [-0.4, -0.2) is 63.6 Å². The van der Waals surface area contributed by atoms with Gasteiger partial charge < -0.3 is 15.5 Å². The van der Waals surface area contributed by atoms with E-state index >= 15 is 0 Å². The van der Waals surface area contributed by atoms with Crippen LogP contribution in [0.15, 0.2) is 71.6 Å². The smallest absolute Gasteiger partial charge is 0.240 e. The molecule has 3 N–H and O–H groups in total. The maximum Gasteiger partial charge on any atom is 0.240 e. The maximum absolute atomic E-state index is 12.9. The van der Waals surface area contributed by atoms with Crippen molar-refractivity contribution in [3.05, 3.63) is 66.7 Å². The number of hydrogen-bond acceptors (Lipinski definition) is 7. The molecule has 1 fully saturated rings. The molecule has 1 heterocycles. The fourth-order valence-corrected chi connectivity index (χ4v) is 6.56. The predicted molar refractivity (Wildman–Crippen MR) is 164 cm³/mol. The summed E-state index contributed by atoms with van der Waals surface area (Å²) in [5, 5.41) is 9.98. The zero-order valence-electron chi connectivity index (χ0n) is 23.4. The van der Waals surface area contributed by atoms with Crippen molar-refractivity contribution in [2.45, 2.75) is 37.0 Å². The molecule has 0 atom stereocenters. The van der Waals surface area contributed by atoms with Gasteiger partial charge in [0.15, 0.2) is 0 Å². The van der Waals surface area contributed by atoms with Gasteiger partial charge in [-0.1, -0.05) is 42.5 Å². The van der Waals surface area contributed by atoms with E-state index in [1.165, 1.54) is 0 Å². The lowest BCUT2D eigenvalue weighted by Gasteiger charge is -2.28. The number of rotatable bonds is 12. The van der Waals surface area contributed by atoms with Gasteiger partial charge in [0, 0.05) is 25.0 Å². The van der Waals surface area contributed by atoms with Gasteiger partial charge >= 0.3 is 0 Å². The highest BCUT2D eigenvalue weighted by Crippen LogP contribution is 2.29. The second-order valence-corrected chi connectivity index (χ2v) is 12.9. The van der Waals surface area contributed by atoms with Crippen LogP contribution >= 0.6 is 0 Å². The van der Waals surface area contributed by atoms with Crippen LogP contribution in [0.5, 0.6) is 0 Å². The first-order valence-electron chi connectivity index (χ1n) is 14.2. The summed E-state index contributed by atoms with van der Waals surface area (Å²) < 4.78 is 28.7. The van der Waals surface area contributed by atoms with E-state index in [1.54, 1.807) is 12.1 Å². The molecule has 1 saturated carbocycles. The molecule has 0 spiro atoms. The lowest BCUT2D eigenvalue weighted by molar-refractivity contribution is 0.284. The SMILES string of the molecule is CN(C)CCCNc1nc(NCC2CCC(CNS(=O)(=O)c3ccc4ccccc4c3)CC2)nc2ccccc12. The fraction of sp³-hybridized carbons (Fsp3) is 0.419. The van der Waals surface area contributed by atoms with Gasteiger partial charge in [-0.25, -0.2) is 18.1 Å². The number of benzene rings is 3. The molecule has 0 unspecified atom stereocenters. The number of fused-ring (bicyclic) bond motifs is 2. The van der Waals surface area contributed by atoms with Gasteiger partial charge in [0.05, 0.1) is 10.4 Å². The molecule has 0 radical (unpaired) electrons. The lowest BCUT2D eigenvalue weighted by atomic mass is 9.82. The highest BCUT2D eigenvalue weighted by molar-refractivity contribution is 7.89. The molecule has 1 aliphatic carbocycles. The van der Waals surface area contributed by atoms with Gasteiger partial charge in [-0.15, -0.1) is 0 Å². The molecule has 5 rings (SSSR count). The van der Waals surface area contributed by atoms with Gasteiger partial charge in [-0.2, -0.15) is 4.98 Å². The third kappa shape index (κ3) is 7.27. The Morgan fingerprint density at radius 1 is 0.825 bits per heavy atom. The average molecular weight is 561 g/mol. The molecule has 0 amide bonds. The first-order valence-corrected chi connectivity index (χ1v) is 15.7. The number of para-hydroxylation sites is 1. The van der Waals surface area contributed by atoms with Gasteiger partial charge in [0.25, 0.3) is 0 Å². The van der Waals surface area contributed by atoms with Crippen LogP contribution in [0.25, 0.3) is 21.7 Å². The Bertz CT molecular complexity index is 1530. The van der Waals surface area contributed by atoms with E-state index in [0.29, 0.717) is 29.2 Å². The third-order valence-corrected chi connectivity index (χ3v) is 9.21. The Morgan fingerprint density at radius 3 is 2.30 bits per heavy atom. The average Bonchev–Trinajstić information content (AvgIpc) is 2.97. The normalized spacial score (nSPS) is 17.9. The van der Waals surface area contributed by atoms with E-state index in [1.807, 2.05) is 48.5 Å². The molecule has 9 heteroatoms. The second-order valence-electron chi connectivity index (χ2n) is 11.1. The molecule has 4 aromatic rings. The van der Waals surface area contributed by atoms with Crippen LogP contribution in [0.4, 0.5) is 11.8 Å². The topological polar surface area (TPSA) is 99.2 Å². The summed E-state index contributed by atoms with van der Waals surface area (Å²) in [7, 11) is 0.634. The van der Waals surface area contributed by atoms with E-state index in [0.717, 1.165) is 79.2 Å². The van der Waals surface area contributed by atoms with Crippen LogP contribution in [-0.2, 0) is 10.0 Å². The quantitative estimate of drug-likeness (QED) is 0.201. The molecule has 0 aliphatic heterocycles. The summed E-state index contributed by atoms with van der Waals surface area (Å²) in [4.78, 5) is 12.1. The van der Waals surface area contributed by atoms with Crippen molar-refractivity contribution in [2.24, 2.45) is 11.8 Å². The third-order valence-electron chi connectivity index (χ3n) is 7.79. The molecule has 3 aromatic carbocycles. The van der Waals surface area contributed by atoms with Crippen molar-refractivity contribution in [3.8, 4) is 0 Å². The van der Waals surface area contributed by atoms with Crippen LogP contribution in [0.2, 0.25) is 0 Å². The first kappa shape index (κ1) is 28.3. The number of nitrogens with zero attached hydrogens (tertiary/aromatic N) is 3. The van der Waals surface area contributed by atoms with E-state index < -0.39 is 10.0 Å². The van der Waals surface area contributed by atoms with Crippen molar-refractivity contribution in [3.63, 3.8) is 0 Å². The number of aromatic nitrogens is 2. The summed E-state index contributed by atoms with van der Waals surface area (Å²) in [6, 6.07) is 21.2. The minimum atomic E-state index is -3.53. The highest BCUT2D eigenvalue weighted by Gasteiger charge is 2.24. The fourth-order valence-electron chi connectivity index (χ4n) is 5.41. The highest BCUT2D eigenvalue weighted by atomic mass is 32.2. The first-order chi connectivity index (χ1) is 19.4. The molecule has 0 saturated heterocycles. The van der Waals surface area contributed by atoms with E-state index in [2.05, 4.69) is 40.4 Å². The Morgan fingerprint density at radius 2 is 1.52 bits per heavy atom. The minimum Gasteiger partial charge on any atom is -0.369 e. The summed E-state index contributed by atoms with van der Waals surface area (Å²) in [6.45, 7) is 3.17. The van der Waals surface area contributed by atoms with E-state index in [-0.39, 0.29) is 0 Å². The summed E-state index contributed by atoms with van der Waals surface area (Å²) in [5.74, 6) is 2.38. The van der Waals surface area contributed by atoms with Crippen molar-refractivity contribution in [1.29, 1.82) is 0 Å². The number of hydrogen-bond donors (Lipinski definition) is 3. The predicted octanol–water partition coefficient (Wildman–Crippen LogP) is 5.34. The van der Waals surface area contributed by atoms with Crippen molar-refractivity contribution >= 4 is 43.5 Å². The molecule has 212 valence electrons. The van der Waals surface area contributed by atoms with Crippen LogP contribution in [0, 0.1) is 11.8 Å². The molecule has 8 nitrogen and oxygen atoms in total. The molecule has 1 aliphatic rings. The molecule has 0 bridgehead atoms. The Kier molecular flexibility index (Phi) is 9.14. The lowest BCUT2D eigenvalue weighted by Crippen LogP contribution is -2.32. The summed E-state index contributed by atoms with van der Waals surface area (Å²) >= 11 is 0. The van der Waals surface area contributed by atoms with Crippen molar-refractivity contribution in [2.75, 3.05) is 50.9 Å². The van der Waals surface area contributed by atoms with E-state index in [9.17, 15) is 8.42 Å². The van der Waals surface area contributed by atoms with Crippen LogP contribution < -0.4 is 15.4 Å². The summed E-state index contributed by atoms with van der Waals surface area (Å²) in [5.41, 5.74) is 0.928. The molecular formula is C31H40N6O2S. The Hall–Kier alpha value is -3.27. The van der Waals surface area contributed by atoms with Crippen molar-refractivity contribution in [1.82, 2.24) is 19.6 Å². The Labute approximate surface area is 237 Å². The van der Waals surface area contributed by atoms with Crippen molar-refractivity contribution < 1.29 is 8.42 Å². The van der Waals surface area contributed by atoms with Gasteiger partial charge in [0.1, 0.15) is 5.82 Å². The van der Waals surface area contributed by atoms with Crippen LogP contribution in [0.1, 0.15) is 32.1 Å². The Balaban J connectivity index is 1.11. The largest absolute Gasteiger partial charge is 0.369 e. The van der Waals surface area contributed by atoms with Gasteiger partial charge in [0.2, 0.25) is 16.0 Å². The maximum atomic E-state index is 12.9. The molecule has 40 heavy (non-hydrogen) atoms. The number of sulfonamides is 1. The van der Waals surface area contributed by atoms with Gasteiger partial charge in [-0.3, -0.25) is 0 Å². The molecule has 1 aromatic heterocycles. The summed E-state index contributed by atoms with van der Waals surface area (Å²) in [6.07, 6.45) is 5.15. The van der Waals surface area contributed by atoms with Crippen LogP contribution in [0.3, 0.4) is 0 Å². The second kappa shape index (κ2) is 12.9. The van der Waals surface area contributed by atoms with E-state index in [4.69, 9.17) is 9.97 Å². The zero-order chi connectivity index (χ0) is 28.0. The monoisotopic (exact) mass is 560 g/mol. The zero-order valence-corrected chi connectivity index (χ0v) is 24.3. The standard InChI is InChI=1S/C31H40N6O2S/c1-37(2)19-7-18-32-30-28-10-5-6-11-29(28)35-31(36-30)33-21-23-12-14-24(15-13-23)22-34-40(38,39)27-17-16-25-8-3-4-9-26(25)20-27/h3-6,8-11,16-17,20,23-24,34H,7,12-15,18-19,21-22H2,1-2H3,(H2,32,33,35,36). The molecular weight excluding hydrogens is 520 g/mol. The number of anilines is 2. The van der Waals surface area contributed by atoms with Gasteiger partial charge in [-0.05, 0) is 99.6 Å². The minimum absolute atomic E-state index is 0.325.